The van der Waals surface area contributed by atoms with Gasteiger partial charge in [0.25, 0.3) is 11.8 Å². The Morgan fingerprint density at radius 2 is 1.84 bits per heavy atom. The van der Waals surface area contributed by atoms with E-state index in [2.05, 4.69) is 35.1 Å². The molecule has 1 aromatic carbocycles. The highest BCUT2D eigenvalue weighted by Gasteiger charge is 2.32. The molecule has 2 amide bonds. The highest BCUT2D eigenvalue weighted by atomic mass is 79.9. The Labute approximate surface area is 121 Å². The zero-order chi connectivity index (χ0) is 14.0. The smallest absolute Gasteiger partial charge is 0.259 e. The first-order valence-electron chi connectivity index (χ1n) is 6.60. The van der Waals surface area contributed by atoms with Crippen LogP contribution in [0.5, 0.6) is 0 Å². The van der Waals surface area contributed by atoms with Gasteiger partial charge >= 0.3 is 0 Å². The van der Waals surface area contributed by atoms with Gasteiger partial charge in [0.1, 0.15) is 0 Å². The third-order valence-electron chi connectivity index (χ3n) is 4.20. The Bertz CT molecular complexity index is 513. The summed E-state index contributed by atoms with van der Waals surface area (Å²) >= 11 is 3.59. The van der Waals surface area contributed by atoms with Crippen molar-refractivity contribution >= 4 is 27.7 Å². The van der Waals surface area contributed by atoms with Crippen LogP contribution in [0.2, 0.25) is 0 Å². The van der Waals surface area contributed by atoms with Gasteiger partial charge in [0.15, 0.2) is 0 Å². The molecule has 0 bridgehead atoms. The molecule has 1 aliphatic heterocycles. The molecular weight excluding hydrogens is 306 g/mol. The van der Waals surface area contributed by atoms with E-state index in [1.165, 1.54) is 0 Å². The summed E-state index contributed by atoms with van der Waals surface area (Å²) in [7, 11) is 0. The molecule has 1 N–H and O–H groups in total. The van der Waals surface area contributed by atoms with Crippen molar-refractivity contribution < 1.29 is 9.59 Å². The van der Waals surface area contributed by atoms with Crippen LogP contribution in [-0.2, 0) is 6.42 Å². The van der Waals surface area contributed by atoms with Crippen LogP contribution in [0.25, 0.3) is 0 Å². The highest BCUT2D eigenvalue weighted by molar-refractivity contribution is 9.09. The molecule has 3 nitrogen and oxygen atoms in total. The van der Waals surface area contributed by atoms with Crippen LogP contribution in [0.15, 0.2) is 18.2 Å². The molecule has 102 valence electrons. The van der Waals surface area contributed by atoms with E-state index in [-0.39, 0.29) is 17.2 Å². The third-order valence-corrected chi connectivity index (χ3v) is 5.39. The number of alkyl halides is 1. The molecule has 1 aliphatic rings. The van der Waals surface area contributed by atoms with Crippen LogP contribution in [0.3, 0.4) is 0 Å². The molecule has 0 atom stereocenters. The summed E-state index contributed by atoms with van der Waals surface area (Å²) < 4.78 is 0. The fraction of sp³-hybridized carbons (Fsp3) is 0.467. The number of hydrogen-bond donors (Lipinski definition) is 1. The molecule has 0 aliphatic carbocycles. The van der Waals surface area contributed by atoms with E-state index in [1.807, 2.05) is 12.1 Å². The van der Waals surface area contributed by atoms with Crippen molar-refractivity contribution in [1.82, 2.24) is 5.32 Å². The Morgan fingerprint density at radius 3 is 2.42 bits per heavy atom. The van der Waals surface area contributed by atoms with Gasteiger partial charge in [-0.1, -0.05) is 41.9 Å². The maximum Gasteiger partial charge on any atom is 0.259 e. The first-order chi connectivity index (χ1) is 9.06. The number of amides is 2. The van der Waals surface area contributed by atoms with Crippen molar-refractivity contribution in [2.75, 3.05) is 5.33 Å². The number of nitrogens with one attached hydrogen (secondary N) is 1. The lowest BCUT2D eigenvalue weighted by molar-refractivity contribution is 0.0879. The monoisotopic (exact) mass is 323 g/mol. The molecule has 0 fully saturated rings. The summed E-state index contributed by atoms with van der Waals surface area (Å²) in [5.74, 6) is -0.537. The molecule has 0 unspecified atom stereocenters. The third kappa shape index (κ3) is 2.46. The van der Waals surface area contributed by atoms with Gasteiger partial charge in [-0.25, -0.2) is 0 Å². The summed E-state index contributed by atoms with van der Waals surface area (Å²) in [4.78, 5) is 23.6. The lowest BCUT2D eigenvalue weighted by atomic mass is 9.77. The number of hydrogen-bond acceptors (Lipinski definition) is 2. The summed E-state index contributed by atoms with van der Waals surface area (Å²) in [6, 6.07) is 5.53. The first kappa shape index (κ1) is 14.3. The zero-order valence-electron chi connectivity index (χ0n) is 11.3. The van der Waals surface area contributed by atoms with E-state index >= 15 is 0 Å². The van der Waals surface area contributed by atoms with Crippen LogP contribution in [-0.4, -0.2) is 17.1 Å². The standard InChI is InChI=1S/C15H18BrNO2/c1-3-15(4-2,9-16)8-10-6-5-7-11-12(10)14(19)17-13(11)18/h5-7H,3-4,8-9H2,1-2H3,(H,17,18,19). The van der Waals surface area contributed by atoms with Crippen molar-refractivity contribution in [3.8, 4) is 0 Å². The second kappa shape index (κ2) is 5.45. The van der Waals surface area contributed by atoms with Crippen molar-refractivity contribution in [2.45, 2.75) is 33.1 Å². The number of carbonyl (C=O) groups excluding carboxylic acids is 2. The number of imide groups is 1. The molecule has 1 heterocycles. The maximum absolute atomic E-state index is 11.9. The van der Waals surface area contributed by atoms with Gasteiger partial charge in [-0.3, -0.25) is 14.9 Å². The van der Waals surface area contributed by atoms with Gasteiger partial charge in [0.05, 0.1) is 11.1 Å². The first-order valence-corrected chi connectivity index (χ1v) is 7.72. The van der Waals surface area contributed by atoms with E-state index in [9.17, 15) is 9.59 Å². The summed E-state index contributed by atoms with van der Waals surface area (Å²) in [6.45, 7) is 4.33. The zero-order valence-corrected chi connectivity index (χ0v) is 12.8. The van der Waals surface area contributed by atoms with E-state index < -0.39 is 0 Å². The van der Waals surface area contributed by atoms with Gasteiger partial charge in [-0.15, -0.1) is 0 Å². The number of fused-ring (bicyclic) bond motifs is 1. The predicted octanol–water partition coefficient (Wildman–Crippen LogP) is 3.31. The number of benzene rings is 1. The Kier molecular flexibility index (Phi) is 4.09. The van der Waals surface area contributed by atoms with E-state index in [0.717, 1.165) is 30.2 Å². The summed E-state index contributed by atoms with van der Waals surface area (Å²) in [5, 5.41) is 3.27. The van der Waals surface area contributed by atoms with Crippen LogP contribution in [0.4, 0.5) is 0 Å². The summed E-state index contributed by atoms with van der Waals surface area (Å²) in [5.41, 5.74) is 2.20. The summed E-state index contributed by atoms with van der Waals surface area (Å²) in [6.07, 6.45) is 2.89. The van der Waals surface area contributed by atoms with Crippen LogP contribution < -0.4 is 5.32 Å². The van der Waals surface area contributed by atoms with Crippen molar-refractivity contribution in [1.29, 1.82) is 0 Å². The van der Waals surface area contributed by atoms with Crippen LogP contribution >= 0.6 is 15.9 Å². The highest BCUT2D eigenvalue weighted by Crippen LogP contribution is 2.35. The van der Waals surface area contributed by atoms with Gasteiger partial charge in [0.2, 0.25) is 0 Å². The molecule has 0 saturated heterocycles. The van der Waals surface area contributed by atoms with Crippen molar-refractivity contribution in [3.05, 3.63) is 34.9 Å². The fourth-order valence-electron chi connectivity index (χ4n) is 2.58. The molecule has 19 heavy (non-hydrogen) atoms. The maximum atomic E-state index is 11.9. The van der Waals surface area contributed by atoms with E-state index in [0.29, 0.717) is 11.1 Å². The Hall–Kier alpha value is -1.16. The van der Waals surface area contributed by atoms with Crippen molar-refractivity contribution in [3.63, 3.8) is 0 Å². The number of carbonyl (C=O) groups is 2. The van der Waals surface area contributed by atoms with E-state index in [1.54, 1.807) is 6.07 Å². The second-order valence-electron chi connectivity index (χ2n) is 5.14. The number of halogens is 1. The molecule has 0 radical (unpaired) electrons. The second-order valence-corrected chi connectivity index (χ2v) is 5.70. The lowest BCUT2D eigenvalue weighted by Crippen LogP contribution is -2.25. The quantitative estimate of drug-likeness (QED) is 0.667. The molecule has 0 spiro atoms. The van der Waals surface area contributed by atoms with Crippen molar-refractivity contribution in [2.24, 2.45) is 5.41 Å². The molecular formula is C15H18BrNO2. The fourth-order valence-corrected chi connectivity index (χ4v) is 3.57. The molecule has 1 aromatic rings. The average Bonchev–Trinajstić information content (AvgIpc) is 2.72. The average molecular weight is 324 g/mol. The van der Waals surface area contributed by atoms with Gasteiger partial charge in [-0.05, 0) is 36.3 Å². The van der Waals surface area contributed by atoms with Gasteiger partial charge in [-0.2, -0.15) is 0 Å². The predicted molar refractivity (Wildman–Crippen MR) is 78.8 cm³/mol. The van der Waals surface area contributed by atoms with E-state index in [4.69, 9.17) is 0 Å². The topological polar surface area (TPSA) is 46.2 Å². The lowest BCUT2D eigenvalue weighted by Gasteiger charge is -2.30. The van der Waals surface area contributed by atoms with Gasteiger partial charge < -0.3 is 0 Å². The van der Waals surface area contributed by atoms with Crippen LogP contribution in [0.1, 0.15) is 53.0 Å². The normalized spacial score (nSPS) is 14.5. The number of rotatable bonds is 5. The molecule has 2 rings (SSSR count). The van der Waals surface area contributed by atoms with Gasteiger partial charge in [0, 0.05) is 5.33 Å². The van der Waals surface area contributed by atoms with Crippen LogP contribution in [0, 0.1) is 5.41 Å². The molecule has 0 saturated carbocycles. The minimum Gasteiger partial charge on any atom is -0.288 e. The Balaban J connectivity index is 2.43. The largest absolute Gasteiger partial charge is 0.288 e. The molecule has 0 aromatic heterocycles. The minimum atomic E-state index is -0.278. The SMILES string of the molecule is CCC(CC)(CBr)Cc1cccc2c1C(=O)NC2=O. The minimum absolute atomic E-state index is 0.140. The Morgan fingerprint density at radius 1 is 1.16 bits per heavy atom. The molecule has 4 heteroatoms.